The molecule has 1 amide bonds. The molecule has 0 unspecified atom stereocenters. The number of hydrogen-bond donors (Lipinski definition) is 1. The van der Waals surface area contributed by atoms with Gasteiger partial charge in [-0.3, -0.25) is 4.79 Å². The van der Waals surface area contributed by atoms with Gasteiger partial charge in [0.15, 0.2) is 0 Å². The highest BCUT2D eigenvalue weighted by Crippen LogP contribution is 2.18. The fourth-order valence-corrected chi connectivity index (χ4v) is 2.74. The number of aryl methyl sites for hydroxylation is 1. The maximum Gasteiger partial charge on any atom is 0.249 e. The van der Waals surface area contributed by atoms with Crippen LogP contribution in [0.3, 0.4) is 0 Å². The van der Waals surface area contributed by atoms with Crippen molar-refractivity contribution in [1.82, 2.24) is 14.8 Å². The fraction of sp³-hybridized carbons (Fsp3) is 0.118. The molecule has 0 fully saturated rings. The van der Waals surface area contributed by atoms with Gasteiger partial charge in [-0.05, 0) is 31.2 Å². The van der Waals surface area contributed by atoms with E-state index in [1.54, 1.807) is 25.4 Å². The van der Waals surface area contributed by atoms with Crippen molar-refractivity contribution >= 4 is 29.1 Å². The van der Waals surface area contributed by atoms with Crippen molar-refractivity contribution in [2.24, 2.45) is 0 Å². The Bertz CT molecular complexity index is 919. The lowest BCUT2D eigenvalue weighted by Gasteiger charge is -2.10. The molecule has 1 N–H and O–H groups in total. The number of nitrogens with one attached hydrogen (secondary N) is 1. The van der Waals surface area contributed by atoms with E-state index in [4.69, 9.17) is 0 Å². The van der Waals surface area contributed by atoms with E-state index < -0.39 is 11.6 Å². The van der Waals surface area contributed by atoms with Crippen LogP contribution in [0.2, 0.25) is 0 Å². The van der Waals surface area contributed by atoms with Gasteiger partial charge in [-0.25, -0.2) is 18.4 Å². The third-order valence-corrected chi connectivity index (χ3v) is 4.16. The minimum absolute atomic E-state index is 0.00322. The van der Waals surface area contributed by atoms with Crippen molar-refractivity contribution in [3.05, 3.63) is 69.8 Å². The molecule has 0 spiro atoms. The first-order valence-electron chi connectivity index (χ1n) is 7.38. The predicted molar refractivity (Wildman–Crippen MR) is 92.2 cm³/mol. The van der Waals surface area contributed by atoms with Gasteiger partial charge in [0, 0.05) is 28.8 Å². The third-order valence-electron chi connectivity index (χ3n) is 3.42. The molecule has 0 bridgehead atoms. The second-order valence-electron chi connectivity index (χ2n) is 5.26. The quantitative estimate of drug-likeness (QED) is 0.707. The first kappa shape index (κ1) is 17.0. The normalized spacial score (nSPS) is 11.2. The number of carbonyl (C=O) groups is 1. The van der Waals surface area contributed by atoms with Crippen LogP contribution in [-0.4, -0.2) is 20.7 Å². The van der Waals surface area contributed by atoms with E-state index in [1.165, 1.54) is 22.1 Å². The van der Waals surface area contributed by atoms with Crippen LogP contribution in [0, 0.1) is 18.6 Å². The number of thiazole rings is 1. The zero-order valence-electron chi connectivity index (χ0n) is 13.2. The minimum atomic E-state index is -0.532. The van der Waals surface area contributed by atoms with E-state index in [0.29, 0.717) is 16.4 Å². The van der Waals surface area contributed by atoms with Crippen LogP contribution in [0.4, 0.5) is 14.6 Å². The Morgan fingerprint density at radius 2 is 2.24 bits per heavy atom. The summed E-state index contributed by atoms with van der Waals surface area (Å²) < 4.78 is 28.6. The second-order valence-corrected chi connectivity index (χ2v) is 6.19. The molecule has 5 nitrogen and oxygen atoms in total. The maximum absolute atomic E-state index is 13.8. The predicted octanol–water partition coefficient (Wildman–Crippen LogP) is 3.63. The number of anilines is 1. The number of halogens is 2. The Kier molecular flexibility index (Phi) is 4.99. The summed E-state index contributed by atoms with van der Waals surface area (Å²) >= 11 is 1.41. The summed E-state index contributed by atoms with van der Waals surface area (Å²) in [6.07, 6.45) is 6.16. The molecular formula is C17H14F2N4OS. The van der Waals surface area contributed by atoms with Crippen LogP contribution in [0.25, 0.3) is 6.08 Å². The molecule has 1 aromatic carbocycles. The molecule has 8 heteroatoms. The van der Waals surface area contributed by atoms with Gasteiger partial charge < -0.3 is 5.32 Å². The summed E-state index contributed by atoms with van der Waals surface area (Å²) in [6.45, 7) is 1.77. The summed E-state index contributed by atoms with van der Waals surface area (Å²) in [7, 11) is 0. The topological polar surface area (TPSA) is 59.8 Å². The molecule has 0 radical (unpaired) electrons. The van der Waals surface area contributed by atoms with E-state index in [-0.39, 0.29) is 18.0 Å². The van der Waals surface area contributed by atoms with Crippen LogP contribution in [0.5, 0.6) is 0 Å². The molecule has 0 aliphatic carbocycles. The van der Waals surface area contributed by atoms with Crippen molar-refractivity contribution < 1.29 is 13.6 Å². The monoisotopic (exact) mass is 360 g/mol. The van der Waals surface area contributed by atoms with Gasteiger partial charge in [-0.15, -0.1) is 11.3 Å². The average molecular weight is 360 g/mol. The molecule has 0 atom stereocenters. The summed E-state index contributed by atoms with van der Waals surface area (Å²) in [4.78, 5) is 16.1. The smallest absolute Gasteiger partial charge is 0.249 e. The zero-order valence-corrected chi connectivity index (χ0v) is 14.1. The lowest BCUT2D eigenvalue weighted by atomic mass is 10.2. The van der Waals surface area contributed by atoms with Crippen molar-refractivity contribution in [2.75, 3.05) is 5.32 Å². The average Bonchev–Trinajstić information content (AvgIpc) is 3.21. The molecule has 3 rings (SSSR count). The highest BCUT2D eigenvalue weighted by atomic mass is 32.1. The van der Waals surface area contributed by atoms with Crippen LogP contribution in [-0.2, 0) is 11.3 Å². The fourth-order valence-electron chi connectivity index (χ4n) is 2.21. The Morgan fingerprint density at radius 3 is 3.00 bits per heavy atom. The SMILES string of the molecule is Cc1cnn(Cc2cc(F)ccc2F)c1NC(=O)/C=C/c1nccs1. The highest BCUT2D eigenvalue weighted by molar-refractivity contribution is 7.10. The molecule has 3 aromatic rings. The largest absolute Gasteiger partial charge is 0.307 e. The van der Waals surface area contributed by atoms with Crippen molar-refractivity contribution in [2.45, 2.75) is 13.5 Å². The minimum Gasteiger partial charge on any atom is -0.307 e. The zero-order chi connectivity index (χ0) is 17.8. The summed E-state index contributed by atoms with van der Waals surface area (Å²) in [5.74, 6) is -0.995. The standard InChI is InChI=1S/C17H14F2N4OS/c1-11-9-21-23(10-12-8-13(18)2-3-14(12)19)17(11)22-15(24)4-5-16-20-6-7-25-16/h2-9H,10H2,1H3,(H,22,24)/b5-4+. The van der Waals surface area contributed by atoms with Gasteiger partial charge in [0.2, 0.25) is 5.91 Å². The molecule has 0 aliphatic rings. The highest BCUT2D eigenvalue weighted by Gasteiger charge is 2.12. The van der Waals surface area contributed by atoms with Crippen molar-refractivity contribution in [3.63, 3.8) is 0 Å². The molecule has 0 saturated carbocycles. The van der Waals surface area contributed by atoms with E-state index in [0.717, 1.165) is 18.2 Å². The first-order valence-corrected chi connectivity index (χ1v) is 8.26. The lowest BCUT2D eigenvalue weighted by Crippen LogP contribution is -2.15. The number of nitrogens with zero attached hydrogens (tertiary/aromatic N) is 3. The molecule has 2 heterocycles. The summed E-state index contributed by atoms with van der Waals surface area (Å²) in [5, 5.41) is 9.35. The molecular weight excluding hydrogens is 346 g/mol. The van der Waals surface area contributed by atoms with Crippen LogP contribution in [0.1, 0.15) is 16.1 Å². The number of hydrogen-bond acceptors (Lipinski definition) is 4. The van der Waals surface area contributed by atoms with E-state index in [1.807, 2.05) is 5.38 Å². The van der Waals surface area contributed by atoms with Gasteiger partial charge in [-0.2, -0.15) is 5.10 Å². The molecule has 0 saturated heterocycles. The summed E-state index contributed by atoms with van der Waals surface area (Å²) in [6, 6.07) is 3.23. The van der Waals surface area contributed by atoms with E-state index in [9.17, 15) is 13.6 Å². The third kappa shape index (κ3) is 4.16. The van der Waals surface area contributed by atoms with Crippen molar-refractivity contribution in [3.8, 4) is 0 Å². The lowest BCUT2D eigenvalue weighted by molar-refractivity contribution is -0.111. The van der Waals surface area contributed by atoms with Crippen LogP contribution >= 0.6 is 11.3 Å². The van der Waals surface area contributed by atoms with Crippen LogP contribution < -0.4 is 5.32 Å². The Hall–Kier alpha value is -2.87. The van der Waals surface area contributed by atoms with Crippen LogP contribution in [0.15, 0.2) is 42.0 Å². The summed E-state index contributed by atoms with van der Waals surface area (Å²) in [5.41, 5.74) is 0.865. The first-order chi connectivity index (χ1) is 12.0. The van der Waals surface area contributed by atoms with Gasteiger partial charge in [0.25, 0.3) is 0 Å². The number of rotatable bonds is 5. The second kappa shape index (κ2) is 7.35. The molecule has 128 valence electrons. The molecule has 0 aliphatic heterocycles. The van der Waals surface area contributed by atoms with Gasteiger partial charge in [-0.1, -0.05) is 0 Å². The van der Waals surface area contributed by atoms with Gasteiger partial charge >= 0.3 is 0 Å². The van der Waals surface area contributed by atoms with E-state index in [2.05, 4.69) is 15.4 Å². The Morgan fingerprint density at radius 1 is 1.40 bits per heavy atom. The van der Waals surface area contributed by atoms with Gasteiger partial charge in [0.05, 0.1) is 12.7 Å². The number of aromatic nitrogens is 3. The molecule has 25 heavy (non-hydrogen) atoms. The number of benzene rings is 1. The van der Waals surface area contributed by atoms with Gasteiger partial charge in [0.1, 0.15) is 22.5 Å². The Balaban J connectivity index is 1.77. The van der Waals surface area contributed by atoms with Crippen molar-refractivity contribution in [1.29, 1.82) is 0 Å². The Labute approximate surface area is 146 Å². The number of carbonyl (C=O) groups excluding carboxylic acids is 1. The van der Waals surface area contributed by atoms with E-state index >= 15 is 0 Å². The number of amides is 1. The molecule has 2 aromatic heterocycles. The maximum atomic E-state index is 13.8.